The number of rotatable bonds is 5. The van der Waals surface area contributed by atoms with Gasteiger partial charge in [-0.25, -0.2) is 17.9 Å². The van der Waals surface area contributed by atoms with Crippen molar-refractivity contribution < 1.29 is 18.3 Å². The van der Waals surface area contributed by atoms with Crippen molar-refractivity contribution in [2.75, 3.05) is 12.3 Å². The number of benzene rings is 1. The minimum Gasteiger partial charge on any atom is -0.478 e. The fraction of sp³-hybridized carbons (Fsp3) is 0.417. The zero-order valence-electron chi connectivity index (χ0n) is 10.5. The Labute approximate surface area is 111 Å². The molecule has 0 spiro atoms. The Morgan fingerprint density at radius 2 is 2.16 bits per heavy atom. The van der Waals surface area contributed by atoms with Gasteiger partial charge in [0.2, 0.25) is 10.0 Å². The zero-order chi connectivity index (χ0) is 14.2. The lowest BCUT2D eigenvalue weighted by molar-refractivity contribution is 0.0692. The summed E-state index contributed by atoms with van der Waals surface area (Å²) in [5.74, 6) is -0.438. The summed E-state index contributed by atoms with van der Waals surface area (Å²) in [5, 5.41) is 9.02. The van der Waals surface area contributed by atoms with Gasteiger partial charge in [0.05, 0.1) is 10.5 Å². The highest BCUT2D eigenvalue weighted by molar-refractivity contribution is 7.89. The molecule has 104 valence electrons. The van der Waals surface area contributed by atoms with Gasteiger partial charge >= 0.3 is 5.97 Å². The second-order valence-electron chi connectivity index (χ2n) is 4.89. The lowest BCUT2D eigenvalue weighted by Crippen LogP contribution is -2.28. The van der Waals surface area contributed by atoms with Gasteiger partial charge in [0.25, 0.3) is 0 Å². The van der Waals surface area contributed by atoms with E-state index in [1.807, 2.05) is 6.92 Å². The topological polar surface area (TPSA) is 109 Å². The molecule has 1 fully saturated rings. The number of sulfonamides is 1. The van der Waals surface area contributed by atoms with Crippen molar-refractivity contribution >= 4 is 21.7 Å². The number of anilines is 1. The van der Waals surface area contributed by atoms with Crippen LogP contribution in [0.5, 0.6) is 0 Å². The normalized spacial score (nSPS) is 22.2. The molecule has 0 saturated heterocycles. The van der Waals surface area contributed by atoms with E-state index in [9.17, 15) is 13.2 Å². The van der Waals surface area contributed by atoms with E-state index in [-0.39, 0.29) is 16.1 Å². The molecule has 1 aromatic rings. The molecular formula is C12H16N2O4S. The highest BCUT2D eigenvalue weighted by atomic mass is 32.2. The standard InChI is InChI=1S/C12H16N2O4S/c1-7-4-8(7)6-14-19(17,18)11-5-9(13)2-3-10(11)12(15)16/h2-3,5,7-8,14H,4,6,13H2,1H3,(H,15,16). The maximum absolute atomic E-state index is 12.1. The molecule has 0 aliphatic heterocycles. The van der Waals surface area contributed by atoms with Crippen LogP contribution in [0.3, 0.4) is 0 Å². The van der Waals surface area contributed by atoms with Gasteiger partial charge in [-0.3, -0.25) is 0 Å². The molecule has 2 rings (SSSR count). The number of nitrogens with two attached hydrogens (primary N) is 1. The van der Waals surface area contributed by atoms with E-state index in [1.165, 1.54) is 18.2 Å². The van der Waals surface area contributed by atoms with Crippen LogP contribution in [0.1, 0.15) is 23.7 Å². The van der Waals surface area contributed by atoms with Gasteiger partial charge in [-0.2, -0.15) is 0 Å². The van der Waals surface area contributed by atoms with Gasteiger partial charge in [0, 0.05) is 12.2 Å². The lowest BCUT2D eigenvalue weighted by Gasteiger charge is -2.09. The molecule has 2 atom stereocenters. The van der Waals surface area contributed by atoms with E-state index in [4.69, 9.17) is 10.8 Å². The molecule has 0 bridgehead atoms. The number of carbonyl (C=O) groups is 1. The first-order valence-electron chi connectivity index (χ1n) is 5.94. The molecule has 1 aliphatic rings. The van der Waals surface area contributed by atoms with Crippen LogP contribution in [0.15, 0.2) is 23.1 Å². The summed E-state index contributed by atoms with van der Waals surface area (Å²) in [6.07, 6.45) is 0.991. The SMILES string of the molecule is CC1CC1CNS(=O)(=O)c1cc(N)ccc1C(=O)O. The summed E-state index contributed by atoms with van der Waals surface area (Å²) in [6.45, 7) is 2.37. The summed E-state index contributed by atoms with van der Waals surface area (Å²) in [7, 11) is -3.85. The molecule has 2 unspecified atom stereocenters. The highest BCUT2D eigenvalue weighted by Crippen LogP contribution is 2.37. The maximum Gasteiger partial charge on any atom is 0.337 e. The lowest BCUT2D eigenvalue weighted by atomic mass is 10.2. The van der Waals surface area contributed by atoms with Crippen molar-refractivity contribution in [3.63, 3.8) is 0 Å². The molecule has 1 aromatic carbocycles. The van der Waals surface area contributed by atoms with E-state index in [1.54, 1.807) is 0 Å². The number of hydrogen-bond acceptors (Lipinski definition) is 4. The average molecular weight is 284 g/mol. The minimum absolute atomic E-state index is 0.213. The van der Waals surface area contributed by atoms with Gasteiger partial charge in [-0.15, -0.1) is 0 Å². The number of hydrogen-bond donors (Lipinski definition) is 3. The molecule has 19 heavy (non-hydrogen) atoms. The predicted octanol–water partition coefficient (Wildman–Crippen LogP) is 0.901. The van der Waals surface area contributed by atoms with Crippen LogP contribution >= 0.6 is 0 Å². The Bertz CT molecular complexity index is 612. The molecular weight excluding hydrogens is 268 g/mol. The second kappa shape index (κ2) is 4.82. The van der Waals surface area contributed by atoms with Crippen LogP contribution in [0, 0.1) is 11.8 Å². The average Bonchev–Trinajstić information content (AvgIpc) is 3.02. The quantitative estimate of drug-likeness (QED) is 0.696. The Balaban J connectivity index is 2.28. The third-order valence-corrected chi connectivity index (χ3v) is 4.80. The molecule has 6 nitrogen and oxygen atoms in total. The van der Waals surface area contributed by atoms with Crippen LogP contribution in [0.2, 0.25) is 0 Å². The van der Waals surface area contributed by atoms with Gasteiger partial charge in [-0.1, -0.05) is 6.92 Å². The monoisotopic (exact) mass is 284 g/mol. The Morgan fingerprint density at radius 1 is 1.53 bits per heavy atom. The van der Waals surface area contributed by atoms with E-state index in [0.717, 1.165) is 6.42 Å². The Kier molecular flexibility index (Phi) is 3.51. The van der Waals surface area contributed by atoms with E-state index >= 15 is 0 Å². The predicted molar refractivity (Wildman–Crippen MR) is 70.3 cm³/mol. The van der Waals surface area contributed by atoms with Crippen LogP contribution in [0.4, 0.5) is 5.69 Å². The third-order valence-electron chi connectivity index (χ3n) is 3.34. The van der Waals surface area contributed by atoms with Crippen molar-refractivity contribution in [1.29, 1.82) is 0 Å². The Morgan fingerprint density at radius 3 is 2.68 bits per heavy atom. The molecule has 0 radical (unpaired) electrons. The van der Waals surface area contributed by atoms with Crippen LogP contribution in [-0.4, -0.2) is 26.0 Å². The maximum atomic E-state index is 12.1. The minimum atomic E-state index is -3.85. The molecule has 1 aliphatic carbocycles. The molecule has 7 heteroatoms. The second-order valence-corrected chi connectivity index (χ2v) is 6.62. The highest BCUT2D eigenvalue weighted by Gasteiger charge is 2.34. The molecule has 0 heterocycles. The molecule has 1 saturated carbocycles. The summed E-state index contributed by atoms with van der Waals surface area (Å²) in [6, 6.07) is 3.74. The van der Waals surface area contributed by atoms with Gasteiger partial charge < -0.3 is 10.8 Å². The molecule has 0 aromatic heterocycles. The van der Waals surface area contributed by atoms with Crippen LogP contribution < -0.4 is 10.5 Å². The number of aromatic carboxylic acids is 1. The number of carboxylic acid groups (broad SMARTS) is 1. The number of nitrogen functional groups attached to an aromatic ring is 1. The van der Waals surface area contributed by atoms with Gasteiger partial charge in [0.1, 0.15) is 0 Å². The third kappa shape index (κ3) is 3.05. The van der Waals surface area contributed by atoms with E-state index in [2.05, 4.69) is 4.72 Å². The van der Waals surface area contributed by atoms with Crippen molar-refractivity contribution in [3.8, 4) is 0 Å². The summed E-state index contributed by atoms with van der Waals surface area (Å²) >= 11 is 0. The van der Waals surface area contributed by atoms with Gasteiger partial charge in [0.15, 0.2) is 0 Å². The number of carboxylic acids is 1. The zero-order valence-corrected chi connectivity index (χ0v) is 11.3. The van der Waals surface area contributed by atoms with Crippen LogP contribution in [-0.2, 0) is 10.0 Å². The molecule has 0 amide bonds. The fourth-order valence-corrected chi connectivity index (χ4v) is 3.24. The summed E-state index contributed by atoms with van der Waals surface area (Å²) < 4.78 is 26.7. The van der Waals surface area contributed by atoms with Gasteiger partial charge in [-0.05, 0) is 36.5 Å². The van der Waals surface area contributed by atoms with Crippen molar-refractivity contribution in [2.45, 2.75) is 18.2 Å². The van der Waals surface area contributed by atoms with E-state index < -0.39 is 16.0 Å². The summed E-state index contributed by atoms with van der Waals surface area (Å²) in [4.78, 5) is 10.8. The first kappa shape index (κ1) is 13.8. The van der Waals surface area contributed by atoms with E-state index in [0.29, 0.717) is 18.4 Å². The van der Waals surface area contributed by atoms with Crippen molar-refractivity contribution in [3.05, 3.63) is 23.8 Å². The number of nitrogens with one attached hydrogen (secondary N) is 1. The smallest absolute Gasteiger partial charge is 0.337 e. The van der Waals surface area contributed by atoms with Crippen molar-refractivity contribution in [1.82, 2.24) is 4.72 Å². The largest absolute Gasteiger partial charge is 0.478 e. The summed E-state index contributed by atoms with van der Waals surface area (Å²) in [5.41, 5.74) is 5.47. The first-order chi connectivity index (χ1) is 8.81. The molecule has 4 N–H and O–H groups in total. The first-order valence-corrected chi connectivity index (χ1v) is 7.42. The van der Waals surface area contributed by atoms with Crippen molar-refractivity contribution in [2.24, 2.45) is 11.8 Å². The Hall–Kier alpha value is -1.60. The fourth-order valence-electron chi connectivity index (χ4n) is 1.92. The van der Waals surface area contributed by atoms with Crippen LogP contribution in [0.25, 0.3) is 0 Å².